The van der Waals surface area contributed by atoms with Crippen molar-refractivity contribution in [3.05, 3.63) is 23.7 Å². The Labute approximate surface area is 132 Å². The van der Waals surface area contributed by atoms with E-state index in [0.717, 1.165) is 31.7 Å². The van der Waals surface area contributed by atoms with Gasteiger partial charge < -0.3 is 19.7 Å². The number of amides is 1. The summed E-state index contributed by atoms with van der Waals surface area (Å²) in [5.41, 5.74) is 0. The number of piperidine rings is 1. The molecule has 22 heavy (non-hydrogen) atoms. The fraction of sp³-hybridized carbons (Fsp3) is 0.706. The van der Waals surface area contributed by atoms with Crippen molar-refractivity contribution in [2.75, 3.05) is 13.1 Å². The van der Waals surface area contributed by atoms with Crippen molar-refractivity contribution in [3.63, 3.8) is 0 Å². The normalized spacial score (nSPS) is 22.3. The Morgan fingerprint density at radius 1 is 1.45 bits per heavy atom. The van der Waals surface area contributed by atoms with Crippen LogP contribution in [0, 0.1) is 11.8 Å². The number of nitrogens with one attached hydrogen (secondary N) is 1. The molecule has 0 saturated carbocycles. The second-order valence-corrected chi connectivity index (χ2v) is 6.41. The number of hydrogen-bond acceptors (Lipinski definition) is 4. The summed E-state index contributed by atoms with van der Waals surface area (Å²) in [7, 11) is 0. The molecule has 0 aliphatic carbocycles. The van der Waals surface area contributed by atoms with Crippen molar-refractivity contribution in [1.82, 2.24) is 10.2 Å². The Morgan fingerprint density at radius 3 is 2.77 bits per heavy atom. The SMILES string of the molecule is CC[C@@H]1CN(C(=O)C(C)C)CC[C@H]1NCc1ccc(CO)o1. The Balaban J connectivity index is 1.88. The van der Waals surface area contributed by atoms with Gasteiger partial charge in [-0.2, -0.15) is 0 Å². The van der Waals surface area contributed by atoms with E-state index in [0.29, 0.717) is 24.3 Å². The van der Waals surface area contributed by atoms with Gasteiger partial charge in [0.1, 0.15) is 18.1 Å². The first-order valence-corrected chi connectivity index (χ1v) is 8.25. The maximum Gasteiger partial charge on any atom is 0.225 e. The van der Waals surface area contributed by atoms with Crippen LogP contribution in [0.25, 0.3) is 0 Å². The summed E-state index contributed by atoms with van der Waals surface area (Å²) in [4.78, 5) is 14.2. The Morgan fingerprint density at radius 2 is 2.18 bits per heavy atom. The van der Waals surface area contributed by atoms with Crippen LogP contribution in [0.3, 0.4) is 0 Å². The second-order valence-electron chi connectivity index (χ2n) is 6.41. The topological polar surface area (TPSA) is 65.7 Å². The lowest BCUT2D eigenvalue weighted by Gasteiger charge is -2.39. The van der Waals surface area contributed by atoms with E-state index in [1.54, 1.807) is 6.07 Å². The minimum atomic E-state index is -0.0622. The minimum Gasteiger partial charge on any atom is -0.462 e. The van der Waals surface area contributed by atoms with Crippen molar-refractivity contribution in [2.45, 2.75) is 52.8 Å². The van der Waals surface area contributed by atoms with E-state index in [4.69, 9.17) is 9.52 Å². The smallest absolute Gasteiger partial charge is 0.225 e. The third kappa shape index (κ3) is 4.11. The van der Waals surface area contributed by atoms with Crippen LogP contribution in [0.5, 0.6) is 0 Å². The van der Waals surface area contributed by atoms with Gasteiger partial charge in [-0.15, -0.1) is 0 Å². The zero-order valence-electron chi connectivity index (χ0n) is 13.8. The van der Waals surface area contributed by atoms with Gasteiger partial charge in [0, 0.05) is 25.0 Å². The molecular weight excluding hydrogens is 280 g/mol. The van der Waals surface area contributed by atoms with E-state index in [2.05, 4.69) is 12.2 Å². The van der Waals surface area contributed by atoms with Crippen molar-refractivity contribution in [1.29, 1.82) is 0 Å². The molecule has 0 unspecified atom stereocenters. The molecule has 1 saturated heterocycles. The highest BCUT2D eigenvalue weighted by molar-refractivity contribution is 5.78. The number of carbonyl (C=O) groups excluding carboxylic acids is 1. The number of nitrogens with zero attached hydrogens (tertiary/aromatic N) is 1. The molecule has 2 rings (SSSR count). The number of aliphatic hydroxyl groups excluding tert-OH is 1. The lowest BCUT2D eigenvalue weighted by molar-refractivity contribution is -0.136. The van der Waals surface area contributed by atoms with Crippen molar-refractivity contribution >= 4 is 5.91 Å². The van der Waals surface area contributed by atoms with Gasteiger partial charge in [-0.05, 0) is 24.5 Å². The van der Waals surface area contributed by atoms with Gasteiger partial charge in [-0.1, -0.05) is 27.2 Å². The molecule has 1 aliphatic heterocycles. The fourth-order valence-corrected chi connectivity index (χ4v) is 3.11. The quantitative estimate of drug-likeness (QED) is 0.845. The molecule has 1 aromatic heterocycles. The highest BCUT2D eigenvalue weighted by Gasteiger charge is 2.30. The van der Waals surface area contributed by atoms with Crippen LogP contribution in [0.2, 0.25) is 0 Å². The molecule has 0 spiro atoms. The summed E-state index contributed by atoms with van der Waals surface area (Å²) in [6.45, 7) is 8.37. The number of hydrogen-bond donors (Lipinski definition) is 2. The molecule has 0 bridgehead atoms. The second kappa shape index (κ2) is 7.79. The van der Waals surface area contributed by atoms with Gasteiger partial charge >= 0.3 is 0 Å². The van der Waals surface area contributed by atoms with Crippen LogP contribution in [0.1, 0.15) is 45.1 Å². The first-order valence-electron chi connectivity index (χ1n) is 8.25. The van der Waals surface area contributed by atoms with Gasteiger partial charge in [-0.25, -0.2) is 0 Å². The summed E-state index contributed by atoms with van der Waals surface area (Å²) < 4.78 is 5.51. The number of carbonyl (C=O) groups is 1. The maximum absolute atomic E-state index is 12.1. The largest absolute Gasteiger partial charge is 0.462 e. The highest BCUT2D eigenvalue weighted by atomic mass is 16.4. The van der Waals surface area contributed by atoms with Crippen LogP contribution < -0.4 is 5.32 Å². The van der Waals surface area contributed by atoms with Crippen molar-refractivity contribution in [2.24, 2.45) is 11.8 Å². The number of aliphatic hydroxyl groups is 1. The predicted molar refractivity (Wildman–Crippen MR) is 85.1 cm³/mol. The molecule has 5 nitrogen and oxygen atoms in total. The van der Waals surface area contributed by atoms with Crippen LogP contribution in [0.15, 0.2) is 16.5 Å². The molecule has 0 radical (unpaired) electrons. The fourth-order valence-electron chi connectivity index (χ4n) is 3.11. The number of likely N-dealkylation sites (tertiary alicyclic amines) is 1. The van der Waals surface area contributed by atoms with Gasteiger partial charge in [0.15, 0.2) is 0 Å². The Bertz CT molecular complexity index is 484. The van der Waals surface area contributed by atoms with E-state index in [1.165, 1.54) is 0 Å². The van der Waals surface area contributed by atoms with Gasteiger partial charge in [0.25, 0.3) is 0 Å². The highest BCUT2D eigenvalue weighted by Crippen LogP contribution is 2.22. The van der Waals surface area contributed by atoms with Crippen molar-refractivity contribution in [3.8, 4) is 0 Å². The third-order valence-electron chi connectivity index (χ3n) is 4.48. The van der Waals surface area contributed by atoms with E-state index < -0.39 is 0 Å². The molecule has 0 aromatic carbocycles. The van der Waals surface area contributed by atoms with E-state index >= 15 is 0 Å². The molecular formula is C17H28N2O3. The zero-order chi connectivity index (χ0) is 16.1. The average molecular weight is 308 g/mol. The molecule has 1 aliphatic rings. The van der Waals surface area contributed by atoms with Gasteiger partial charge in [0.2, 0.25) is 5.91 Å². The predicted octanol–water partition coefficient (Wildman–Crippen LogP) is 2.14. The molecule has 2 heterocycles. The van der Waals surface area contributed by atoms with Crippen LogP contribution in [-0.4, -0.2) is 35.0 Å². The monoisotopic (exact) mass is 308 g/mol. The molecule has 1 aromatic rings. The summed E-state index contributed by atoms with van der Waals surface area (Å²) in [6.07, 6.45) is 2.03. The lowest BCUT2D eigenvalue weighted by Crippen LogP contribution is -2.51. The van der Waals surface area contributed by atoms with Crippen molar-refractivity contribution < 1.29 is 14.3 Å². The van der Waals surface area contributed by atoms with Gasteiger partial charge in [0.05, 0.1) is 6.54 Å². The maximum atomic E-state index is 12.1. The third-order valence-corrected chi connectivity index (χ3v) is 4.48. The average Bonchev–Trinajstić information content (AvgIpc) is 3.00. The molecule has 124 valence electrons. The Hall–Kier alpha value is -1.33. The zero-order valence-corrected chi connectivity index (χ0v) is 13.8. The summed E-state index contributed by atoms with van der Waals surface area (Å²) in [5.74, 6) is 2.25. The van der Waals surface area contributed by atoms with E-state index in [1.807, 2.05) is 24.8 Å². The summed E-state index contributed by atoms with van der Waals surface area (Å²) in [5, 5.41) is 12.6. The first-order chi connectivity index (χ1) is 10.5. The Kier molecular flexibility index (Phi) is 6.03. The van der Waals surface area contributed by atoms with E-state index in [-0.39, 0.29) is 18.4 Å². The first kappa shape index (κ1) is 17.0. The number of furan rings is 1. The van der Waals surface area contributed by atoms with Crippen LogP contribution in [-0.2, 0) is 17.9 Å². The molecule has 1 fully saturated rings. The summed E-state index contributed by atoms with van der Waals surface area (Å²) in [6, 6.07) is 4.11. The molecule has 5 heteroatoms. The molecule has 1 amide bonds. The minimum absolute atomic E-state index is 0.0622. The van der Waals surface area contributed by atoms with E-state index in [9.17, 15) is 4.79 Å². The number of rotatable bonds is 6. The van der Waals surface area contributed by atoms with Gasteiger partial charge in [-0.3, -0.25) is 4.79 Å². The molecule has 2 atom stereocenters. The van der Waals surface area contributed by atoms with Crippen LogP contribution >= 0.6 is 0 Å². The summed E-state index contributed by atoms with van der Waals surface area (Å²) >= 11 is 0. The lowest BCUT2D eigenvalue weighted by atomic mass is 9.89. The van der Waals surface area contributed by atoms with Crippen LogP contribution in [0.4, 0.5) is 0 Å². The standard InChI is InChI=1S/C17H28N2O3/c1-4-13-10-19(17(21)12(2)3)8-7-16(13)18-9-14-5-6-15(11-20)22-14/h5-6,12-13,16,18,20H,4,7-11H2,1-3H3/t13-,16-/m1/s1. The molecule has 2 N–H and O–H groups in total.